The molecule has 1 unspecified atom stereocenters. The highest BCUT2D eigenvalue weighted by atomic mass is 15.0. The van der Waals surface area contributed by atoms with Crippen LogP contribution in [-0.2, 0) is 6.42 Å². The zero-order chi connectivity index (χ0) is 13.1. The molecule has 2 heterocycles. The van der Waals surface area contributed by atoms with Crippen molar-refractivity contribution in [1.29, 1.82) is 0 Å². The normalized spacial score (nSPS) is 12.7. The first-order valence-corrected chi connectivity index (χ1v) is 6.47. The maximum atomic E-state index is 6.05. The summed E-state index contributed by atoms with van der Waals surface area (Å²) < 4.78 is 2.24. The lowest BCUT2D eigenvalue weighted by atomic mass is 10.1. The predicted molar refractivity (Wildman–Crippen MR) is 75.0 cm³/mol. The standard InChI is InChI=1S/C15H21N3/c1-4-14(16)9-13-8-11(2)18(12(13)3)15-6-5-7-17-10-15/h5-8,10,14H,4,9,16H2,1-3H3. The Labute approximate surface area is 109 Å². The van der Waals surface area contributed by atoms with Crippen molar-refractivity contribution >= 4 is 0 Å². The van der Waals surface area contributed by atoms with Gasteiger partial charge in [-0.25, -0.2) is 0 Å². The van der Waals surface area contributed by atoms with E-state index in [0.717, 1.165) is 18.5 Å². The maximum Gasteiger partial charge on any atom is 0.0638 e. The van der Waals surface area contributed by atoms with Crippen molar-refractivity contribution < 1.29 is 0 Å². The fourth-order valence-corrected chi connectivity index (χ4v) is 2.35. The summed E-state index contributed by atoms with van der Waals surface area (Å²) in [6.07, 6.45) is 5.64. The molecule has 0 aliphatic rings. The van der Waals surface area contributed by atoms with Gasteiger partial charge in [0.2, 0.25) is 0 Å². The van der Waals surface area contributed by atoms with Gasteiger partial charge in [-0.3, -0.25) is 4.98 Å². The fourth-order valence-electron chi connectivity index (χ4n) is 2.35. The first-order valence-electron chi connectivity index (χ1n) is 6.47. The van der Waals surface area contributed by atoms with Gasteiger partial charge in [0.1, 0.15) is 0 Å². The van der Waals surface area contributed by atoms with Crippen molar-refractivity contribution in [2.75, 3.05) is 0 Å². The third-order valence-electron chi connectivity index (χ3n) is 3.45. The first kappa shape index (κ1) is 12.8. The van der Waals surface area contributed by atoms with Crippen LogP contribution in [0.25, 0.3) is 5.69 Å². The summed E-state index contributed by atoms with van der Waals surface area (Å²) >= 11 is 0. The molecule has 3 heteroatoms. The molecule has 0 aromatic carbocycles. The SMILES string of the molecule is CCC(N)Cc1cc(C)n(-c2cccnc2)c1C. The molecule has 0 aliphatic carbocycles. The number of aromatic nitrogens is 2. The minimum absolute atomic E-state index is 0.243. The molecular formula is C15H21N3. The summed E-state index contributed by atoms with van der Waals surface area (Å²) in [5.41, 5.74) is 11.0. The Hall–Kier alpha value is -1.61. The number of hydrogen-bond donors (Lipinski definition) is 1. The van der Waals surface area contributed by atoms with Gasteiger partial charge >= 0.3 is 0 Å². The highest BCUT2D eigenvalue weighted by molar-refractivity contribution is 5.39. The molecule has 2 rings (SSSR count). The lowest BCUT2D eigenvalue weighted by Crippen LogP contribution is -2.21. The Morgan fingerprint density at radius 3 is 2.78 bits per heavy atom. The van der Waals surface area contributed by atoms with Gasteiger partial charge in [-0.2, -0.15) is 0 Å². The van der Waals surface area contributed by atoms with Crippen molar-refractivity contribution in [2.24, 2.45) is 5.73 Å². The monoisotopic (exact) mass is 243 g/mol. The van der Waals surface area contributed by atoms with Gasteiger partial charge in [0, 0.05) is 23.6 Å². The molecule has 0 bridgehead atoms. The highest BCUT2D eigenvalue weighted by Crippen LogP contribution is 2.21. The molecule has 18 heavy (non-hydrogen) atoms. The second kappa shape index (κ2) is 5.36. The van der Waals surface area contributed by atoms with Crippen molar-refractivity contribution in [3.63, 3.8) is 0 Å². The molecule has 2 aromatic rings. The summed E-state index contributed by atoms with van der Waals surface area (Å²) in [5, 5.41) is 0. The molecule has 2 aromatic heterocycles. The Bertz CT molecular complexity index is 514. The van der Waals surface area contributed by atoms with Crippen molar-refractivity contribution in [2.45, 2.75) is 39.7 Å². The lowest BCUT2D eigenvalue weighted by molar-refractivity contribution is 0.644. The highest BCUT2D eigenvalue weighted by Gasteiger charge is 2.12. The van der Waals surface area contributed by atoms with Gasteiger partial charge in [-0.05, 0) is 50.5 Å². The van der Waals surface area contributed by atoms with Gasteiger partial charge in [0.15, 0.2) is 0 Å². The van der Waals surface area contributed by atoms with E-state index in [1.807, 2.05) is 12.3 Å². The van der Waals surface area contributed by atoms with Crippen LogP contribution in [0.3, 0.4) is 0 Å². The van der Waals surface area contributed by atoms with E-state index in [4.69, 9.17) is 5.73 Å². The predicted octanol–water partition coefficient (Wildman–Crippen LogP) is 2.77. The topological polar surface area (TPSA) is 43.8 Å². The maximum absolute atomic E-state index is 6.05. The summed E-state index contributed by atoms with van der Waals surface area (Å²) in [4.78, 5) is 4.18. The van der Waals surface area contributed by atoms with E-state index >= 15 is 0 Å². The van der Waals surface area contributed by atoms with Crippen molar-refractivity contribution in [1.82, 2.24) is 9.55 Å². The number of rotatable bonds is 4. The largest absolute Gasteiger partial charge is 0.327 e. The molecule has 3 nitrogen and oxygen atoms in total. The number of nitrogens with zero attached hydrogens (tertiary/aromatic N) is 2. The Kier molecular flexibility index (Phi) is 3.82. The number of aryl methyl sites for hydroxylation is 1. The van der Waals surface area contributed by atoms with Crippen LogP contribution in [0.15, 0.2) is 30.6 Å². The quantitative estimate of drug-likeness (QED) is 0.897. The van der Waals surface area contributed by atoms with Crippen molar-refractivity contribution in [3.8, 4) is 5.69 Å². The smallest absolute Gasteiger partial charge is 0.0638 e. The van der Waals surface area contributed by atoms with E-state index in [1.165, 1.54) is 17.0 Å². The average Bonchev–Trinajstić information content (AvgIpc) is 2.65. The minimum atomic E-state index is 0.243. The van der Waals surface area contributed by atoms with E-state index in [-0.39, 0.29) is 6.04 Å². The molecule has 96 valence electrons. The summed E-state index contributed by atoms with van der Waals surface area (Å²) in [6.45, 7) is 6.41. The van der Waals surface area contributed by atoms with Gasteiger partial charge in [-0.1, -0.05) is 6.92 Å². The van der Waals surface area contributed by atoms with Crippen LogP contribution >= 0.6 is 0 Å². The zero-order valence-corrected chi connectivity index (χ0v) is 11.4. The zero-order valence-electron chi connectivity index (χ0n) is 11.4. The molecular weight excluding hydrogens is 222 g/mol. The molecule has 0 amide bonds. The fraction of sp³-hybridized carbons (Fsp3) is 0.400. The first-order chi connectivity index (χ1) is 8.63. The summed E-state index contributed by atoms with van der Waals surface area (Å²) in [7, 11) is 0. The average molecular weight is 243 g/mol. The molecule has 0 spiro atoms. The van der Waals surface area contributed by atoms with Gasteiger partial charge in [0.05, 0.1) is 11.9 Å². The van der Waals surface area contributed by atoms with Gasteiger partial charge in [0.25, 0.3) is 0 Å². The van der Waals surface area contributed by atoms with E-state index in [0.29, 0.717) is 0 Å². The van der Waals surface area contributed by atoms with Crippen LogP contribution in [0.4, 0.5) is 0 Å². The molecule has 1 atom stereocenters. The van der Waals surface area contributed by atoms with Crippen molar-refractivity contribution in [3.05, 3.63) is 47.5 Å². The van der Waals surface area contributed by atoms with Crippen LogP contribution in [-0.4, -0.2) is 15.6 Å². The van der Waals surface area contributed by atoms with Crippen LogP contribution in [0.1, 0.15) is 30.3 Å². The number of hydrogen-bond acceptors (Lipinski definition) is 2. The number of pyridine rings is 1. The van der Waals surface area contributed by atoms with E-state index in [9.17, 15) is 0 Å². The van der Waals surface area contributed by atoms with E-state index < -0.39 is 0 Å². The van der Waals surface area contributed by atoms with Gasteiger partial charge < -0.3 is 10.3 Å². The Morgan fingerprint density at radius 1 is 1.39 bits per heavy atom. The second-order valence-electron chi connectivity index (χ2n) is 4.82. The summed E-state index contributed by atoms with van der Waals surface area (Å²) in [5.74, 6) is 0. The minimum Gasteiger partial charge on any atom is -0.327 e. The molecule has 0 saturated heterocycles. The van der Waals surface area contributed by atoms with Crippen LogP contribution in [0.2, 0.25) is 0 Å². The second-order valence-corrected chi connectivity index (χ2v) is 4.82. The number of nitrogens with two attached hydrogens (primary N) is 1. The van der Waals surface area contributed by atoms with Crippen LogP contribution < -0.4 is 5.73 Å². The van der Waals surface area contributed by atoms with Crippen LogP contribution in [0.5, 0.6) is 0 Å². The lowest BCUT2D eigenvalue weighted by Gasteiger charge is -2.11. The molecule has 0 saturated carbocycles. The molecule has 0 radical (unpaired) electrons. The Morgan fingerprint density at radius 2 is 2.17 bits per heavy atom. The third kappa shape index (κ3) is 2.46. The molecule has 2 N–H and O–H groups in total. The Balaban J connectivity index is 2.38. The third-order valence-corrected chi connectivity index (χ3v) is 3.45. The van der Waals surface area contributed by atoms with E-state index in [2.05, 4.69) is 42.5 Å². The molecule has 0 aliphatic heterocycles. The van der Waals surface area contributed by atoms with Gasteiger partial charge in [-0.15, -0.1) is 0 Å². The summed E-state index contributed by atoms with van der Waals surface area (Å²) in [6, 6.07) is 6.52. The molecule has 0 fully saturated rings. The van der Waals surface area contributed by atoms with Crippen LogP contribution in [0, 0.1) is 13.8 Å². The van der Waals surface area contributed by atoms with E-state index in [1.54, 1.807) is 6.20 Å².